The van der Waals surface area contributed by atoms with Crippen molar-refractivity contribution in [3.63, 3.8) is 0 Å². The normalized spacial score (nSPS) is 17.9. The second kappa shape index (κ2) is 9.71. The average Bonchev–Trinajstić information content (AvgIpc) is 3.41. The number of halogens is 3. The summed E-state index contributed by atoms with van der Waals surface area (Å²) >= 11 is 1.56. The molecule has 0 aliphatic carbocycles. The van der Waals surface area contributed by atoms with Gasteiger partial charge in [0.05, 0.1) is 18.2 Å². The number of rotatable bonds is 4. The van der Waals surface area contributed by atoms with Crippen LogP contribution in [0, 0.1) is 6.92 Å². The first-order valence-electron chi connectivity index (χ1n) is 11.4. The molecule has 3 aromatic rings. The summed E-state index contributed by atoms with van der Waals surface area (Å²) in [6.07, 6.45) is -3.57. The number of carbonyl (C=O) groups excluding carboxylic acids is 1. The SMILES string of the molecule is Cc1cc(C(F)(F)F)nn1CC(=O)N1CCC(c2nc(C3OCc4ccccc4CO3)cs2)CC1. The molecule has 0 N–H and O–H groups in total. The number of amides is 1. The lowest BCUT2D eigenvalue weighted by atomic mass is 9.97. The minimum Gasteiger partial charge on any atom is -0.342 e. The van der Waals surface area contributed by atoms with Gasteiger partial charge in [0.25, 0.3) is 0 Å². The number of piperidine rings is 1. The van der Waals surface area contributed by atoms with E-state index in [4.69, 9.17) is 14.5 Å². The summed E-state index contributed by atoms with van der Waals surface area (Å²) in [5, 5.41) is 6.51. The number of carbonyl (C=O) groups is 1. The van der Waals surface area contributed by atoms with Gasteiger partial charge in [-0.3, -0.25) is 9.48 Å². The topological polar surface area (TPSA) is 69.5 Å². The van der Waals surface area contributed by atoms with E-state index >= 15 is 0 Å². The zero-order valence-electron chi connectivity index (χ0n) is 19.1. The van der Waals surface area contributed by atoms with Crippen LogP contribution in [-0.2, 0) is 40.2 Å². The fraction of sp³-hybridized carbons (Fsp3) is 0.458. The molecule has 5 rings (SSSR count). The minimum absolute atomic E-state index is 0.202. The summed E-state index contributed by atoms with van der Waals surface area (Å²) in [6.45, 7) is 3.30. The Balaban J connectivity index is 1.16. The van der Waals surface area contributed by atoms with Gasteiger partial charge >= 0.3 is 6.18 Å². The third-order valence-corrected chi connectivity index (χ3v) is 7.46. The van der Waals surface area contributed by atoms with E-state index in [2.05, 4.69) is 5.10 Å². The molecule has 1 fully saturated rings. The van der Waals surface area contributed by atoms with Crippen LogP contribution in [0.25, 0.3) is 0 Å². The number of hydrogen-bond donors (Lipinski definition) is 0. The number of aromatic nitrogens is 3. The van der Waals surface area contributed by atoms with E-state index in [9.17, 15) is 18.0 Å². The van der Waals surface area contributed by atoms with Gasteiger partial charge in [0.2, 0.25) is 12.2 Å². The zero-order chi connectivity index (χ0) is 24.6. The summed E-state index contributed by atoms with van der Waals surface area (Å²) < 4.78 is 51.7. The second-order valence-corrected chi connectivity index (χ2v) is 9.70. The molecule has 0 spiro atoms. The van der Waals surface area contributed by atoms with Gasteiger partial charge in [-0.1, -0.05) is 24.3 Å². The standard InChI is InChI=1S/C24H25F3N4O3S/c1-15-10-20(24(25,26)27)29-31(15)11-21(32)30-8-6-16(7-9-30)22-28-19(14-35-22)23-33-12-17-4-2-3-5-18(17)13-34-23/h2-5,10,14,16,23H,6-9,11-13H2,1H3. The highest BCUT2D eigenvalue weighted by atomic mass is 32.1. The van der Waals surface area contributed by atoms with Gasteiger partial charge < -0.3 is 14.4 Å². The van der Waals surface area contributed by atoms with E-state index in [0.29, 0.717) is 32.0 Å². The molecule has 35 heavy (non-hydrogen) atoms. The monoisotopic (exact) mass is 506 g/mol. The average molecular weight is 507 g/mol. The predicted molar refractivity (Wildman–Crippen MR) is 121 cm³/mol. The molecule has 11 heteroatoms. The van der Waals surface area contributed by atoms with Crippen LogP contribution in [-0.4, -0.2) is 38.7 Å². The fourth-order valence-electron chi connectivity index (χ4n) is 4.40. The highest BCUT2D eigenvalue weighted by molar-refractivity contribution is 7.09. The third kappa shape index (κ3) is 5.26. The molecule has 0 saturated carbocycles. The first-order chi connectivity index (χ1) is 16.8. The van der Waals surface area contributed by atoms with E-state index in [1.807, 2.05) is 29.6 Å². The van der Waals surface area contributed by atoms with Crippen LogP contribution in [0.5, 0.6) is 0 Å². The van der Waals surface area contributed by atoms with Crippen LogP contribution in [0.2, 0.25) is 0 Å². The molecule has 2 aliphatic heterocycles. The van der Waals surface area contributed by atoms with Crippen LogP contribution in [0.15, 0.2) is 35.7 Å². The lowest BCUT2D eigenvalue weighted by Crippen LogP contribution is -2.40. The lowest BCUT2D eigenvalue weighted by Gasteiger charge is -2.31. The molecule has 0 unspecified atom stereocenters. The summed E-state index contributed by atoms with van der Waals surface area (Å²) in [5.74, 6) is -0.0212. The highest BCUT2D eigenvalue weighted by Gasteiger charge is 2.35. The van der Waals surface area contributed by atoms with Crippen LogP contribution in [0.4, 0.5) is 13.2 Å². The minimum atomic E-state index is -4.53. The van der Waals surface area contributed by atoms with Crippen molar-refractivity contribution in [3.8, 4) is 0 Å². The summed E-state index contributed by atoms with van der Waals surface area (Å²) in [4.78, 5) is 19.2. The Labute approximate surface area is 204 Å². The lowest BCUT2D eigenvalue weighted by molar-refractivity contribution is -0.155. The Hall–Kier alpha value is -2.76. The third-order valence-electron chi connectivity index (χ3n) is 6.43. The van der Waals surface area contributed by atoms with E-state index in [1.54, 1.807) is 16.2 Å². The number of likely N-dealkylation sites (tertiary alicyclic amines) is 1. The molecule has 7 nitrogen and oxygen atoms in total. The number of ether oxygens (including phenoxy) is 2. The number of hydrogen-bond acceptors (Lipinski definition) is 6. The van der Waals surface area contributed by atoms with Crippen LogP contribution >= 0.6 is 11.3 Å². The molecule has 186 valence electrons. The fourth-order valence-corrected chi connectivity index (χ4v) is 5.39. The van der Waals surface area contributed by atoms with Crippen molar-refractivity contribution in [2.75, 3.05) is 13.1 Å². The van der Waals surface area contributed by atoms with Crippen molar-refractivity contribution in [3.05, 3.63) is 68.9 Å². The Morgan fingerprint density at radius 2 is 1.80 bits per heavy atom. The zero-order valence-corrected chi connectivity index (χ0v) is 19.9. The van der Waals surface area contributed by atoms with E-state index in [-0.39, 0.29) is 18.4 Å². The van der Waals surface area contributed by atoms with E-state index in [1.165, 1.54) is 6.92 Å². The molecular formula is C24H25F3N4O3S. The number of fused-ring (bicyclic) bond motifs is 1. The Kier molecular flexibility index (Phi) is 6.65. The maximum atomic E-state index is 12.9. The Bertz CT molecular complexity index is 1170. The molecule has 4 heterocycles. The van der Waals surface area contributed by atoms with Crippen molar-refractivity contribution in [1.82, 2.24) is 19.7 Å². The molecule has 1 amide bonds. The number of aryl methyl sites for hydroxylation is 1. The summed E-state index contributed by atoms with van der Waals surface area (Å²) in [7, 11) is 0. The van der Waals surface area contributed by atoms with Gasteiger partial charge in [-0.05, 0) is 37.0 Å². The van der Waals surface area contributed by atoms with Gasteiger partial charge in [0.1, 0.15) is 12.2 Å². The van der Waals surface area contributed by atoms with Gasteiger partial charge in [0.15, 0.2) is 5.69 Å². The van der Waals surface area contributed by atoms with Gasteiger partial charge in [0, 0.05) is 30.1 Å². The number of nitrogens with zero attached hydrogens (tertiary/aromatic N) is 4. The van der Waals surface area contributed by atoms with Crippen molar-refractivity contribution in [2.24, 2.45) is 0 Å². The summed E-state index contributed by atoms with van der Waals surface area (Å²) in [6, 6.07) is 8.99. The molecule has 1 saturated heterocycles. The van der Waals surface area contributed by atoms with E-state index < -0.39 is 18.2 Å². The number of alkyl halides is 3. The van der Waals surface area contributed by atoms with Crippen molar-refractivity contribution >= 4 is 17.2 Å². The molecule has 0 radical (unpaired) electrons. The molecule has 0 bridgehead atoms. The Morgan fingerprint density at radius 3 is 2.40 bits per heavy atom. The molecule has 2 aliphatic rings. The Morgan fingerprint density at radius 1 is 1.14 bits per heavy atom. The maximum Gasteiger partial charge on any atom is 0.435 e. The van der Waals surface area contributed by atoms with Crippen LogP contribution < -0.4 is 0 Å². The quantitative estimate of drug-likeness (QED) is 0.508. The highest BCUT2D eigenvalue weighted by Crippen LogP contribution is 2.34. The summed E-state index contributed by atoms with van der Waals surface area (Å²) in [5.41, 5.74) is 2.31. The molecule has 0 atom stereocenters. The maximum absolute atomic E-state index is 12.9. The number of benzene rings is 1. The first kappa shape index (κ1) is 24.0. The van der Waals surface area contributed by atoms with Crippen LogP contribution in [0.3, 0.4) is 0 Å². The van der Waals surface area contributed by atoms with Crippen LogP contribution in [0.1, 0.15) is 58.3 Å². The van der Waals surface area contributed by atoms with Crippen molar-refractivity contribution in [2.45, 2.75) is 57.9 Å². The van der Waals surface area contributed by atoms with Crippen molar-refractivity contribution < 1.29 is 27.4 Å². The molecular weight excluding hydrogens is 481 g/mol. The van der Waals surface area contributed by atoms with Gasteiger partial charge in [-0.2, -0.15) is 18.3 Å². The molecule has 2 aromatic heterocycles. The number of thiazole rings is 1. The van der Waals surface area contributed by atoms with Gasteiger partial charge in [-0.25, -0.2) is 4.98 Å². The second-order valence-electron chi connectivity index (χ2n) is 8.81. The largest absolute Gasteiger partial charge is 0.435 e. The van der Waals surface area contributed by atoms with E-state index in [0.717, 1.165) is 45.4 Å². The smallest absolute Gasteiger partial charge is 0.342 e. The van der Waals surface area contributed by atoms with Crippen molar-refractivity contribution in [1.29, 1.82) is 0 Å². The molecule has 1 aromatic carbocycles. The van der Waals surface area contributed by atoms with Gasteiger partial charge in [-0.15, -0.1) is 11.3 Å². The predicted octanol–water partition coefficient (Wildman–Crippen LogP) is 4.82. The first-order valence-corrected chi connectivity index (χ1v) is 12.3.